The van der Waals surface area contributed by atoms with Gasteiger partial charge >= 0.3 is 0 Å². The number of hydrogen-bond donors (Lipinski definition) is 2. The molecule has 2 aromatic heterocycles. The summed E-state index contributed by atoms with van der Waals surface area (Å²) >= 11 is 0. The van der Waals surface area contributed by atoms with Crippen molar-refractivity contribution in [2.24, 2.45) is 0 Å². The Morgan fingerprint density at radius 2 is 2.14 bits per heavy atom. The molecule has 0 saturated heterocycles. The summed E-state index contributed by atoms with van der Waals surface area (Å²) in [4.78, 5) is 22.7. The number of para-hydroxylation sites is 1. The van der Waals surface area contributed by atoms with Crippen molar-refractivity contribution in [1.82, 2.24) is 20.2 Å². The molecule has 1 fully saturated rings. The molecule has 5 heteroatoms. The van der Waals surface area contributed by atoms with Gasteiger partial charge in [0.25, 0.3) is 5.91 Å². The van der Waals surface area contributed by atoms with E-state index >= 15 is 0 Å². The van der Waals surface area contributed by atoms with Crippen molar-refractivity contribution in [1.29, 1.82) is 0 Å². The minimum atomic E-state index is 0.108. The van der Waals surface area contributed by atoms with Crippen molar-refractivity contribution in [3.8, 4) is 0 Å². The number of fused-ring (bicyclic) bond motifs is 1. The Bertz CT molecular complexity index is 888. The Morgan fingerprint density at radius 3 is 2.93 bits per heavy atom. The Balaban J connectivity index is 1.42. The first kappa shape index (κ1) is 18.7. The van der Waals surface area contributed by atoms with Gasteiger partial charge in [-0.15, -0.1) is 0 Å². The van der Waals surface area contributed by atoms with Gasteiger partial charge in [0, 0.05) is 48.5 Å². The first-order chi connectivity index (χ1) is 13.7. The number of carbonyl (C=O) groups excluding carboxylic acids is 1. The van der Waals surface area contributed by atoms with Gasteiger partial charge in [0.1, 0.15) is 5.69 Å². The van der Waals surface area contributed by atoms with Crippen molar-refractivity contribution in [3.05, 3.63) is 66.1 Å². The van der Waals surface area contributed by atoms with E-state index in [-0.39, 0.29) is 11.9 Å². The van der Waals surface area contributed by atoms with Crippen LogP contribution in [0.5, 0.6) is 0 Å². The van der Waals surface area contributed by atoms with E-state index in [4.69, 9.17) is 0 Å². The number of aromatic nitrogens is 2. The molecule has 4 rings (SSSR count). The minimum absolute atomic E-state index is 0.108. The number of H-pyrrole nitrogens is 1. The average molecular weight is 377 g/mol. The third-order valence-electron chi connectivity index (χ3n) is 5.77. The van der Waals surface area contributed by atoms with Crippen molar-refractivity contribution >= 4 is 16.8 Å². The number of carbonyl (C=O) groups is 1. The highest BCUT2D eigenvalue weighted by Gasteiger charge is 2.29. The molecule has 1 aliphatic rings. The molecule has 0 aliphatic heterocycles. The molecule has 2 N–H and O–H groups in total. The molecule has 3 aromatic rings. The van der Waals surface area contributed by atoms with E-state index in [9.17, 15) is 4.79 Å². The number of rotatable bonds is 6. The molecule has 2 atom stereocenters. The highest BCUT2D eigenvalue weighted by atomic mass is 16.2. The molecule has 1 aliphatic carbocycles. The zero-order valence-corrected chi connectivity index (χ0v) is 16.4. The second-order valence-corrected chi connectivity index (χ2v) is 7.62. The van der Waals surface area contributed by atoms with Gasteiger partial charge < -0.3 is 15.2 Å². The van der Waals surface area contributed by atoms with Crippen LogP contribution in [0.15, 0.2) is 54.9 Å². The molecule has 1 saturated carbocycles. The van der Waals surface area contributed by atoms with Gasteiger partial charge in [-0.3, -0.25) is 9.78 Å². The molecule has 0 bridgehead atoms. The lowest BCUT2D eigenvalue weighted by molar-refractivity contribution is 0.0623. The maximum atomic E-state index is 13.2. The maximum absolute atomic E-state index is 13.2. The highest BCUT2D eigenvalue weighted by molar-refractivity contribution is 5.98. The van der Waals surface area contributed by atoms with Crippen LogP contribution in [0.1, 0.15) is 48.7 Å². The second-order valence-electron chi connectivity index (χ2n) is 7.62. The average Bonchev–Trinajstić information content (AvgIpc) is 3.18. The molecule has 0 spiro atoms. The summed E-state index contributed by atoms with van der Waals surface area (Å²) < 4.78 is 0. The van der Waals surface area contributed by atoms with Gasteiger partial charge in [0.15, 0.2) is 0 Å². The Labute approximate surface area is 166 Å². The Morgan fingerprint density at radius 1 is 1.25 bits per heavy atom. The molecule has 1 aromatic carbocycles. The van der Waals surface area contributed by atoms with Crippen LogP contribution < -0.4 is 5.32 Å². The SMILES string of the molecule is CCN(C(=O)c1cc2ccccc2[nH]1)[C@H]1CCC[C@H](NCc2cccnc2)C1. The molecule has 0 radical (unpaired) electrons. The van der Waals surface area contributed by atoms with E-state index < -0.39 is 0 Å². The molecule has 5 nitrogen and oxygen atoms in total. The van der Waals surface area contributed by atoms with Crippen molar-refractivity contribution in [3.63, 3.8) is 0 Å². The highest BCUT2D eigenvalue weighted by Crippen LogP contribution is 2.25. The molecule has 1 amide bonds. The van der Waals surface area contributed by atoms with E-state index in [0.29, 0.717) is 11.7 Å². The number of aromatic amines is 1. The van der Waals surface area contributed by atoms with Crippen molar-refractivity contribution in [2.75, 3.05) is 6.54 Å². The van der Waals surface area contributed by atoms with E-state index in [2.05, 4.69) is 28.3 Å². The second kappa shape index (κ2) is 8.57. The summed E-state index contributed by atoms with van der Waals surface area (Å²) in [6.07, 6.45) is 8.09. The fourth-order valence-electron chi connectivity index (χ4n) is 4.31. The number of nitrogens with zero attached hydrogens (tertiary/aromatic N) is 2. The van der Waals surface area contributed by atoms with E-state index in [1.54, 1.807) is 6.20 Å². The molecule has 146 valence electrons. The van der Waals surface area contributed by atoms with Crippen LogP contribution in [0, 0.1) is 0 Å². The first-order valence-electron chi connectivity index (χ1n) is 10.3. The Hall–Kier alpha value is -2.66. The number of nitrogens with one attached hydrogen (secondary N) is 2. The van der Waals surface area contributed by atoms with Crippen LogP contribution in [-0.2, 0) is 6.54 Å². The summed E-state index contributed by atoms with van der Waals surface area (Å²) in [6, 6.07) is 14.8. The van der Waals surface area contributed by atoms with Crippen LogP contribution in [-0.4, -0.2) is 39.4 Å². The minimum Gasteiger partial charge on any atom is -0.351 e. The lowest BCUT2D eigenvalue weighted by Gasteiger charge is -2.37. The molecule has 28 heavy (non-hydrogen) atoms. The van der Waals surface area contributed by atoms with Crippen LogP contribution in [0.3, 0.4) is 0 Å². The van der Waals surface area contributed by atoms with Gasteiger partial charge in [-0.25, -0.2) is 0 Å². The number of pyridine rings is 1. The first-order valence-corrected chi connectivity index (χ1v) is 10.3. The monoisotopic (exact) mass is 376 g/mol. The zero-order chi connectivity index (χ0) is 19.3. The van der Waals surface area contributed by atoms with E-state index in [1.807, 2.05) is 47.5 Å². The quantitative estimate of drug-likeness (QED) is 0.680. The fourth-order valence-corrected chi connectivity index (χ4v) is 4.31. The zero-order valence-electron chi connectivity index (χ0n) is 16.4. The molecular weight excluding hydrogens is 348 g/mol. The lowest BCUT2D eigenvalue weighted by Crippen LogP contribution is -2.46. The third-order valence-corrected chi connectivity index (χ3v) is 5.77. The van der Waals surface area contributed by atoms with Gasteiger partial charge in [-0.1, -0.05) is 24.3 Å². The molecule has 2 heterocycles. The van der Waals surface area contributed by atoms with E-state index in [1.165, 1.54) is 5.56 Å². The lowest BCUT2D eigenvalue weighted by atomic mass is 9.89. The summed E-state index contributed by atoms with van der Waals surface area (Å²) in [7, 11) is 0. The van der Waals surface area contributed by atoms with Crippen molar-refractivity contribution in [2.45, 2.75) is 51.2 Å². The maximum Gasteiger partial charge on any atom is 0.270 e. The summed E-state index contributed by atoms with van der Waals surface area (Å²) in [5.41, 5.74) is 2.90. The van der Waals surface area contributed by atoms with Crippen LogP contribution in [0.2, 0.25) is 0 Å². The molecular formula is C23H28N4O. The van der Waals surface area contributed by atoms with Crippen LogP contribution in [0.4, 0.5) is 0 Å². The predicted molar refractivity (Wildman–Crippen MR) is 112 cm³/mol. The topological polar surface area (TPSA) is 61.0 Å². The Kier molecular flexibility index (Phi) is 5.72. The number of amides is 1. The van der Waals surface area contributed by atoms with Crippen molar-refractivity contribution < 1.29 is 4.79 Å². The van der Waals surface area contributed by atoms with Crippen LogP contribution in [0.25, 0.3) is 10.9 Å². The van der Waals surface area contributed by atoms with Gasteiger partial charge in [-0.05, 0) is 56.4 Å². The van der Waals surface area contributed by atoms with E-state index in [0.717, 1.165) is 49.7 Å². The van der Waals surface area contributed by atoms with Gasteiger partial charge in [0.2, 0.25) is 0 Å². The summed E-state index contributed by atoms with van der Waals surface area (Å²) in [6.45, 7) is 3.63. The normalized spacial score (nSPS) is 19.6. The van der Waals surface area contributed by atoms with Crippen LogP contribution >= 0.6 is 0 Å². The number of benzene rings is 1. The van der Waals surface area contributed by atoms with Gasteiger partial charge in [0.05, 0.1) is 0 Å². The fraction of sp³-hybridized carbons (Fsp3) is 0.391. The summed E-state index contributed by atoms with van der Waals surface area (Å²) in [5.74, 6) is 0.108. The molecule has 0 unspecified atom stereocenters. The largest absolute Gasteiger partial charge is 0.351 e. The summed E-state index contributed by atoms with van der Waals surface area (Å²) in [5, 5.41) is 4.75. The smallest absolute Gasteiger partial charge is 0.270 e. The predicted octanol–water partition coefficient (Wildman–Crippen LogP) is 4.13. The number of hydrogen-bond acceptors (Lipinski definition) is 3. The standard InChI is InChI=1S/C23H28N4O/c1-2-27(23(28)22-13-18-8-3-4-11-21(18)26-22)20-10-5-9-19(14-20)25-16-17-7-6-12-24-15-17/h3-4,6-8,11-13,15,19-20,25-26H,2,5,9-10,14,16H2,1H3/t19-,20-/m0/s1. The van der Waals surface area contributed by atoms with Gasteiger partial charge in [-0.2, -0.15) is 0 Å². The third kappa shape index (κ3) is 4.09.